The molecule has 1 saturated carbocycles. The summed E-state index contributed by atoms with van der Waals surface area (Å²) in [7, 11) is 0. The first-order valence-electron chi connectivity index (χ1n) is 6.66. The zero-order chi connectivity index (χ0) is 14.0. The molecule has 0 aromatic rings. The maximum atomic E-state index is 11.8. The van der Waals surface area contributed by atoms with Gasteiger partial charge in [0.25, 0.3) is 0 Å². The fourth-order valence-corrected chi connectivity index (χ4v) is 2.44. The van der Waals surface area contributed by atoms with Crippen LogP contribution in [0.2, 0.25) is 0 Å². The maximum absolute atomic E-state index is 11.8. The first kappa shape index (κ1) is 15.0. The molecule has 4 nitrogen and oxygen atoms in total. The fraction of sp³-hybridized carbons (Fsp3) is 0.857. The van der Waals surface area contributed by atoms with Gasteiger partial charge in [0.15, 0.2) is 0 Å². The normalized spacial score (nSPS) is 28.6. The number of rotatable bonds is 2. The summed E-state index contributed by atoms with van der Waals surface area (Å²) in [5.74, 6) is 0.142. The first-order chi connectivity index (χ1) is 8.15. The molecule has 2 atom stereocenters. The van der Waals surface area contributed by atoms with Gasteiger partial charge in [-0.15, -0.1) is 0 Å². The van der Waals surface area contributed by atoms with E-state index in [1.165, 1.54) is 0 Å². The summed E-state index contributed by atoms with van der Waals surface area (Å²) in [5.41, 5.74) is -0.958. The summed E-state index contributed by atoms with van der Waals surface area (Å²) in [6, 6.07) is -0.112. The third-order valence-electron chi connectivity index (χ3n) is 3.70. The van der Waals surface area contributed by atoms with Crippen molar-refractivity contribution in [1.29, 1.82) is 0 Å². The van der Waals surface area contributed by atoms with Crippen LogP contribution in [0.3, 0.4) is 0 Å². The van der Waals surface area contributed by atoms with Gasteiger partial charge in [0.1, 0.15) is 11.4 Å². The molecule has 1 N–H and O–H groups in total. The van der Waals surface area contributed by atoms with E-state index in [9.17, 15) is 9.59 Å². The maximum Gasteiger partial charge on any atom is 0.407 e. The van der Waals surface area contributed by atoms with Crippen LogP contribution in [0.15, 0.2) is 0 Å². The molecule has 1 fully saturated rings. The Hall–Kier alpha value is -1.06. The largest absolute Gasteiger partial charge is 0.444 e. The van der Waals surface area contributed by atoms with Gasteiger partial charge in [-0.1, -0.05) is 19.8 Å². The summed E-state index contributed by atoms with van der Waals surface area (Å²) < 4.78 is 5.25. The van der Waals surface area contributed by atoms with Crippen LogP contribution in [0, 0.1) is 5.41 Å². The number of amides is 1. The molecule has 0 aromatic heterocycles. The Balaban J connectivity index is 2.69. The highest BCUT2D eigenvalue weighted by Gasteiger charge is 2.41. The SMILES string of the molecule is CC(=O)C1(C)CCCCC1NC(=O)OC(C)(C)C. The molecule has 4 heteroatoms. The molecule has 1 rings (SSSR count). The monoisotopic (exact) mass is 255 g/mol. The average molecular weight is 255 g/mol. The molecule has 0 saturated heterocycles. The number of nitrogens with one attached hydrogen (secondary N) is 1. The van der Waals surface area contributed by atoms with Crippen molar-refractivity contribution in [3.05, 3.63) is 0 Å². The van der Waals surface area contributed by atoms with E-state index < -0.39 is 17.1 Å². The highest BCUT2D eigenvalue weighted by molar-refractivity contribution is 5.83. The van der Waals surface area contributed by atoms with E-state index in [4.69, 9.17) is 4.74 Å². The van der Waals surface area contributed by atoms with Crippen molar-refractivity contribution in [2.24, 2.45) is 5.41 Å². The van der Waals surface area contributed by atoms with Crippen molar-refractivity contribution in [3.63, 3.8) is 0 Å². The van der Waals surface area contributed by atoms with Crippen LogP contribution in [-0.4, -0.2) is 23.5 Å². The molecule has 0 heterocycles. The Labute approximate surface area is 109 Å². The standard InChI is InChI=1S/C14H25NO3/c1-10(16)14(5)9-7-6-8-11(14)15-12(17)18-13(2,3)4/h11H,6-9H2,1-5H3,(H,15,17). The van der Waals surface area contributed by atoms with Gasteiger partial charge >= 0.3 is 6.09 Å². The number of ether oxygens (including phenoxy) is 1. The Morgan fingerprint density at radius 3 is 2.39 bits per heavy atom. The van der Waals surface area contributed by atoms with Gasteiger partial charge in [-0.05, 0) is 40.5 Å². The molecule has 0 bridgehead atoms. The van der Waals surface area contributed by atoms with Gasteiger partial charge in [-0.3, -0.25) is 4.79 Å². The minimum absolute atomic E-state index is 0.112. The summed E-state index contributed by atoms with van der Waals surface area (Å²) >= 11 is 0. The van der Waals surface area contributed by atoms with Crippen molar-refractivity contribution in [2.75, 3.05) is 0 Å². The quantitative estimate of drug-likeness (QED) is 0.825. The highest BCUT2D eigenvalue weighted by Crippen LogP contribution is 2.37. The third kappa shape index (κ3) is 3.72. The molecule has 18 heavy (non-hydrogen) atoms. The third-order valence-corrected chi connectivity index (χ3v) is 3.70. The minimum Gasteiger partial charge on any atom is -0.444 e. The number of carbonyl (C=O) groups is 2. The molecule has 1 amide bonds. The van der Waals surface area contributed by atoms with E-state index in [1.54, 1.807) is 6.92 Å². The molecule has 0 radical (unpaired) electrons. The van der Waals surface area contributed by atoms with Crippen LogP contribution in [0.1, 0.15) is 60.3 Å². The fourth-order valence-electron chi connectivity index (χ4n) is 2.44. The summed E-state index contributed by atoms with van der Waals surface area (Å²) in [5, 5.41) is 2.87. The van der Waals surface area contributed by atoms with Crippen molar-refractivity contribution in [2.45, 2.75) is 71.9 Å². The van der Waals surface area contributed by atoms with E-state index in [0.29, 0.717) is 0 Å². The number of hydrogen-bond acceptors (Lipinski definition) is 3. The predicted molar refractivity (Wildman–Crippen MR) is 70.4 cm³/mol. The number of alkyl carbamates (subject to hydrolysis) is 1. The second kappa shape index (κ2) is 5.29. The van der Waals surface area contributed by atoms with Crippen molar-refractivity contribution in [1.82, 2.24) is 5.32 Å². The van der Waals surface area contributed by atoms with Crippen molar-refractivity contribution >= 4 is 11.9 Å². The lowest BCUT2D eigenvalue weighted by Gasteiger charge is -2.40. The van der Waals surface area contributed by atoms with Crippen LogP contribution in [0.5, 0.6) is 0 Å². The van der Waals surface area contributed by atoms with E-state index >= 15 is 0 Å². The second-order valence-corrected chi connectivity index (χ2v) is 6.42. The molecule has 2 unspecified atom stereocenters. The van der Waals surface area contributed by atoms with Crippen molar-refractivity contribution in [3.8, 4) is 0 Å². The average Bonchev–Trinajstić information content (AvgIpc) is 2.18. The number of hydrogen-bond donors (Lipinski definition) is 1. The zero-order valence-electron chi connectivity index (χ0n) is 12.1. The number of carbonyl (C=O) groups excluding carboxylic acids is 2. The molecule has 0 aromatic carbocycles. The minimum atomic E-state index is -0.509. The van der Waals surface area contributed by atoms with E-state index in [2.05, 4.69) is 5.32 Å². The van der Waals surface area contributed by atoms with Gasteiger partial charge < -0.3 is 10.1 Å². The van der Waals surface area contributed by atoms with Gasteiger partial charge in [0.05, 0.1) is 0 Å². The van der Waals surface area contributed by atoms with Crippen LogP contribution in [0.25, 0.3) is 0 Å². The van der Waals surface area contributed by atoms with Gasteiger partial charge in [0, 0.05) is 11.5 Å². The lowest BCUT2D eigenvalue weighted by Crippen LogP contribution is -2.52. The molecule has 0 spiro atoms. The van der Waals surface area contributed by atoms with Gasteiger partial charge in [-0.2, -0.15) is 0 Å². The molecule has 1 aliphatic carbocycles. The Bertz CT molecular complexity index is 332. The highest BCUT2D eigenvalue weighted by atomic mass is 16.6. The van der Waals surface area contributed by atoms with Gasteiger partial charge in [0.2, 0.25) is 0 Å². The van der Waals surface area contributed by atoms with Crippen LogP contribution < -0.4 is 5.32 Å². The Morgan fingerprint density at radius 2 is 1.89 bits per heavy atom. The first-order valence-corrected chi connectivity index (χ1v) is 6.66. The van der Waals surface area contributed by atoms with E-state index in [1.807, 2.05) is 27.7 Å². The lowest BCUT2D eigenvalue weighted by atomic mass is 9.69. The molecular weight excluding hydrogens is 230 g/mol. The predicted octanol–water partition coefficient (Wildman–Crippen LogP) is 3.05. The van der Waals surface area contributed by atoms with Crippen LogP contribution >= 0.6 is 0 Å². The van der Waals surface area contributed by atoms with Gasteiger partial charge in [-0.25, -0.2) is 4.79 Å². The lowest BCUT2D eigenvalue weighted by molar-refractivity contribution is -0.128. The van der Waals surface area contributed by atoms with Crippen molar-refractivity contribution < 1.29 is 14.3 Å². The molecule has 0 aliphatic heterocycles. The number of ketones is 1. The zero-order valence-corrected chi connectivity index (χ0v) is 12.1. The summed E-state index contributed by atoms with van der Waals surface area (Å²) in [4.78, 5) is 23.6. The summed E-state index contributed by atoms with van der Waals surface area (Å²) in [6.07, 6.45) is 3.34. The van der Waals surface area contributed by atoms with E-state index in [-0.39, 0.29) is 11.8 Å². The topological polar surface area (TPSA) is 55.4 Å². The number of Topliss-reactive ketones (excluding diaryl/α,β-unsaturated/α-hetero) is 1. The summed E-state index contributed by atoms with van der Waals surface area (Å²) in [6.45, 7) is 9.04. The van der Waals surface area contributed by atoms with Crippen LogP contribution in [0.4, 0.5) is 4.79 Å². The van der Waals surface area contributed by atoms with Crippen LogP contribution in [-0.2, 0) is 9.53 Å². The molecular formula is C14H25NO3. The smallest absolute Gasteiger partial charge is 0.407 e. The Kier molecular flexibility index (Phi) is 4.41. The van der Waals surface area contributed by atoms with E-state index in [0.717, 1.165) is 25.7 Å². The molecule has 104 valence electrons. The Morgan fingerprint density at radius 1 is 1.28 bits per heavy atom. The molecule has 1 aliphatic rings. The second-order valence-electron chi connectivity index (χ2n) is 6.42.